The minimum Gasteiger partial charge on any atom is -0.497 e. The number of nitrogens with one attached hydrogen (secondary N) is 1. The van der Waals surface area contributed by atoms with Gasteiger partial charge in [-0.3, -0.25) is 0 Å². The van der Waals surface area contributed by atoms with E-state index in [4.69, 9.17) is 4.74 Å². The van der Waals surface area contributed by atoms with Crippen LogP contribution < -0.4 is 10.1 Å². The molecule has 0 aliphatic carbocycles. The molecule has 1 aromatic rings. The van der Waals surface area contributed by atoms with Crippen molar-refractivity contribution in [2.24, 2.45) is 0 Å². The maximum atomic E-state index is 5.19. The van der Waals surface area contributed by atoms with E-state index in [0.717, 1.165) is 31.9 Å². The van der Waals surface area contributed by atoms with E-state index in [9.17, 15) is 0 Å². The Bertz CT molecular complexity index is 335. The van der Waals surface area contributed by atoms with Crippen molar-refractivity contribution >= 4 is 5.69 Å². The first-order valence-corrected chi connectivity index (χ1v) is 6.32. The fourth-order valence-electron chi connectivity index (χ4n) is 1.85. The standard InChI is InChI=1S/C14H24N2O/c1-5-16(6-2)10-9-15-14-8-7-13(17-4)11-12(14)3/h7-8,11,15H,5-6,9-10H2,1-4H3. The lowest BCUT2D eigenvalue weighted by molar-refractivity contribution is 0.316. The highest BCUT2D eigenvalue weighted by molar-refractivity contribution is 5.53. The van der Waals surface area contributed by atoms with Crippen LogP contribution in [0.3, 0.4) is 0 Å². The van der Waals surface area contributed by atoms with E-state index >= 15 is 0 Å². The van der Waals surface area contributed by atoms with Crippen LogP contribution in [0.5, 0.6) is 5.75 Å². The first kappa shape index (κ1) is 13.8. The summed E-state index contributed by atoms with van der Waals surface area (Å²) in [6, 6.07) is 6.13. The first-order chi connectivity index (χ1) is 8.21. The summed E-state index contributed by atoms with van der Waals surface area (Å²) in [5.74, 6) is 0.914. The van der Waals surface area contributed by atoms with Crippen molar-refractivity contribution in [1.29, 1.82) is 0 Å². The van der Waals surface area contributed by atoms with Crippen LogP contribution in [-0.4, -0.2) is 38.2 Å². The molecule has 0 saturated heterocycles. The molecule has 17 heavy (non-hydrogen) atoms. The number of ether oxygens (including phenoxy) is 1. The van der Waals surface area contributed by atoms with E-state index in [0.29, 0.717) is 0 Å². The fraction of sp³-hybridized carbons (Fsp3) is 0.571. The third-order valence-corrected chi connectivity index (χ3v) is 3.07. The SMILES string of the molecule is CCN(CC)CCNc1ccc(OC)cc1C. The zero-order chi connectivity index (χ0) is 12.7. The molecule has 0 radical (unpaired) electrons. The summed E-state index contributed by atoms with van der Waals surface area (Å²) in [6.45, 7) is 10.8. The third kappa shape index (κ3) is 4.27. The van der Waals surface area contributed by atoms with Gasteiger partial charge in [0.15, 0.2) is 0 Å². The zero-order valence-corrected chi connectivity index (χ0v) is 11.4. The monoisotopic (exact) mass is 236 g/mol. The second-order valence-corrected chi connectivity index (χ2v) is 4.13. The molecule has 3 heteroatoms. The minimum atomic E-state index is 0.914. The molecular weight excluding hydrogens is 212 g/mol. The molecule has 0 aliphatic heterocycles. The summed E-state index contributed by atoms with van der Waals surface area (Å²) in [4.78, 5) is 2.41. The van der Waals surface area contributed by atoms with E-state index in [1.807, 2.05) is 6.07 Å². The van der Waals surface area contributed by atoms with Crippen LogP contribution in [-0.2, 0) is 0 Å². The highest BCUT2D eigenvalue weighted by atomic mass is 16.5. The fourth-order valence-corrected chi connectivity index (χ4v) is 1.85. The van der Waals surface area contributed by atoms with Gasteiger partial charge in [0.05, 0.1) is 7.11 Å². The summed E-state index contributed by atoms with van der Waals surface area (Å²) in [6.07, 6.45) is 0. The van der Waals surface area contributed by atoms with E-state index in [-0.39, 0.29) is 0 Å². The molecule has 0 amide bonds. The Morgan fingerprint density at radius 2 is 1.94 bits per heavy atom. The van der Waals surface area contributed by atoms with Crippen LogP contribution in [0.2, 0.25) is 0 Å². The number of likely N-dealkylation sites (N-methyl/N-ethyl adjacent to an activating group) is 1. The molecular formula is C14H24N2O. The van der Waals surface area contributed by atoms with Gasteiger partial charge < -0.3 is 15.0 Å². The summed E-state index contributed by atoms with van der Waals surface area (Å²) in [7, 11) is 1.70. The Balaban J connectivity index is 2.46. The number of methoxy groups -OCH3 is 1. The van der Waals surface area contributed by atoms with E-state index < -0.39 is 0 Å². The van der Waals surface area contributed by atoms with Crippen LogP contribution in [0.1, 0.15) is 19.4 Å². The molecule has 0 saturated carbocycles. The second-order valence-electron chi connectivity index (χ2n) is 4.13. The number of anilines is 1. The van der Waals surface area contributed by atoms with Gasteiger partial charge in [0.1, 0.15) is 5.75 Å². The average Bonchev–Trinajstić information content (AvgIpc) is 2.36. The highest BCUT2D eigenvalue weighted by Crippen LogP contribution is 2.20. The smallest absolute Gasteiger partial charge is 0.119 e. The van der Waals surface area contributed by atoms with Crippen molar-refractivity contribution in [2.75, 3.05) is 38.6 Å². The number of hydrogen-bond acceptors (Lipinski definition) is 3. The predicted molar refractivity (Wildman–Crippen MR) is 74.0 cm³/mol. The molecule has 0 unspecified atom stereocenters. The molecule has 0 spiro atoms. The van der Waals surface area contributed by atoms with Gasteiger partial charge >= 0.3 is 0 Å². The predicted octanol–water partition coefficient (Wildman–Crippen LogP) is 2.76. The molecule has 0 bridgehead atoms. The molecule has 0 aliphatic rings. The van der Waals surface area contributed by atoms with Crippen molar-refractivity contribution in [3.8, 4) is 5.75 Å². The first-order valence-electron chi connectivity index (χ1n) is 6.32. The van der Waals surface area contributed by atoms with E-state index in [1.54, 1.807) is 7.11 Å². The minimum absolute atomic E-state index is 0.914. The zero-order valence-electron chi connectivity index (χ0n) is 11.4. The third-order valence-electron chi connectivity index (χ3n) is 3.07. The van der Waals surface area contributed by atoms with Crippen LogP contribution in [0.4, 0.5) is 5.69 Å². The van der Waals surface area contributed by atoms with Gasteiger partial charge in [-0.05, 0) is 43.8 Å². The van der Waals surface area contributed by atoms with Crippen molar-refractivity contribution < 1.29 is 4.74 Å². The molecule has 1 rings (SSSR count). The van der Waals surface area contributed by atoms with Gasteiger partial charge in [-0.2, -0.15) is 0 Å². The summed E-state index contributed by atoms with van der Waals surface area (Å²) < 4.78 is 5.19. The summed E-state index contributed by atoms with van der Waals surface area (Å²) in [5.41, 5.74) is 2.42. The molecule has 0 aromatic heterocycles. The van der Waals surface area contributed by atoms with Crippen LogP contribution in [0.25, 0.3) is 0 Å². The molecule has 0 atom stereocenters. The Morgan fingerprint density at radius 3 is 2.47 bits per heavy atom. The topological polar surface area (TPSA) is 24.5 Å². The Hall–Kier alpha value is -1.22. The molecule has 1 N–H and O–H groups in total. The van der Waals surface area contributed by atoms with Crippen molar-refractivity contribution in [3.63, 3.8) is 0 Å². The van der Waals surface area contributed by atoms with Crippen molar-refractivity contribution in [1.82, 2.24) is 4.90 Å². The maximum absolute atomic E-state index is 5.19. The Morgan fingerprint density at radius 1 is 1.24 bits per heavy atom. The Kier molecular flexibility index (Phi) is 5.84. The van der Waals surface area contributed by atoms with Crippen LogP contribution in [0, 0.1) is 6.92 Å². The average molecular weight is 236 g/mol. The lowest BCUT2D eigenvalue weighted by Crippen LogP contribution is -2.28. The lowest BCUT2D eigenvalue weighted by Gasteiger charge is -2.19. The Labute approximate surface area is 105 Å². The highest BCUT2D eigenvalue weighted by Gasteiger charge is 2.01. The van der Waals surface area contributed by atoms with Crippen LogP contribution >= 0.6 is 0 Å². The van der Waals surface area contributed by atoms with Crippen molar-refractivity contribution in [3.05, 3.63) is 23.8 Å². The largest absolute Gasteiger partial charge is 0.497 e. The van der Waals surface area contributed by atoms with Gasteiger partial charge in [0.2, 0.25) is 0 Å². The maximum Gasteiger partial charge on any atom is 0.119 e. The van der Waals surface area contributed by atoms with E-state index in [2.05, 4.69) is 43.1 Å². The molecule has 1 aromatic carbocycles. The molecule has 3 nitrogen and oxygen atoms in total. The number of nitrogens with zero attached hydrogens (tertiary/aromatic N) is 1. The molecule has 0 heterocycles. The lowest BCUT2D eigenvalue weighted by atomic mass is 10.2. The van der Waals surface area contributed by atoms with Crippen LogP contribution in [0.15, 0.2) is 18.2 Å². The van der Waals surface area contributed by atoms with E-state index in [1.165, 1.54) is 11.3 Å². The second kappa shape index (κ2) is 7.17. The van der Waals surface area contributed by atoms with Crippen molar-refractivity contribution in [2.45, 2.75) is 20.8 Å². The number of benzene rings is 1. The molecule has 0 fully saturated rings. The van der Waals surface area contributed by atoms with Gasteiger partial charge in [-0.1, -0.05) is 13.8 Å². The number of aryl methyl sites for hydroxylation is 1. The normalized spacial score (nSPS) is 10.6. The number of rotatable bonds is 7. The summed E-state index contributed by atoms with van der Waals surface area (Å²) in [5, 5.41) is 3.47. The van der Waals surface area contributed by atoms with Gasteiger partial charge in [-0.25, -0.2) is 0 Å². The van der Waals surface area contributed by atoms with Gasteiger partial charge in [-0.15, -0.1) is 0 Å². The molecule has 96 valence electrons. The summed E-state index contributed by atoms with van der Waals surface area (Å²) >= 11 is 0. The van der Waals surface area contributed by atoms with Gasteiger partial charge in [0, 0.05) is 18.8 Å². The van der Waals surface area contributed by atoms with Gasteiger partial charge in [0.25, 0.3) is 0 Å². The number of hydrogen-bond donors (Lipinski definition) is 1. The quantitative estimate of drug-likeness (QED) is 0.788.